The van der Waals surface area contributed by atoms with Crippen LogP contribution in [0.4, 0.5) is 18.9 Å². The molecule has 7 nitrogen and oxygen atoms in total. The van der Waals surface area contributed by atoms with E-state index in [-0.39, 0.29) is 29.1 Å². The lowest BCUT2D eigenvalue weighted by atomic mass is 10.0. The van der Waals surface area contributed by atoms with Crippen LogP contribution in [0, 0.1) is 11.3 Å². The van der Waals surface area contributed by atoms with Gasteiger partial charge in [0.05, 0.1) is 11.2 Å². The van der Waals surface area contributed by atoms with E-state index in [0.717, 1.165) is 12.0 Å². The largest absolute Gasteiger partial charge is 0.573 e. The smallest absolute Gasteiger partial charge is 0.406 e. The van der Waals surface area contributed by atoms with E-state index in [4.69, 9.17) is 0 Å². The maximum absolute atomic E-state index is 12.7. The monoisotopic (exact) mass is 485 g/mol. The van der Waals surface area contributed by atoms with E-state index >= 15 is 0 Å². The summed E-state index contributed by atoms with van der Waals surface area (Å²) < 4.78 is 42.9. The average molecular weight is 486 g/mol. The highest BCUT2D eigenvalue weighted by molar-refractivity contribution is 5.89. The third-order valence-corrected chi connectivity index (χ3v) is 6.62. The lowest BCUT2D eigenvalue weighted by Gasteiger charge is -2.45. The van der Waals surface area contributed by atoms with Crippen LogP contribution in [0.3, 0.4) is 0 Å². The Bertz CT molecular complexity index is 1310. The van der Waals surface area contributed by atoms with Gasteiger partial charge in [-0.05, 0) is 43.2 Å². The molecule has 4 rings (SSSR count). The molecule has 184 valence electrons. The summed E-state index contributed by atoms with van der Waals surface area (Å²) in [5, 5.41) is 9.33. The number of ether oxygens (including phenoxy) is 1. The summed E-state index contributed by atoms with van der Waals surface area (Å²) in [6.07, 6.45) is -3.90. The quantitative estimate of drug-likeness (QED) is 0.535. The molecule has 0 aliphatic carbocycles. The number of pyridine rings is 2. The second-order valence-electron chi connectivity index (χ2n) is 8.65. The zero-order chi connectivity index (χ0) is 25.3. The Balaban J connectivity index is 1.59. The van der Waals surface area contributed by atoms with Crippen molar-refractivity contribution in [3.05, 3.63) is 64.1 Å². The first kappa shape index (κ1) is 24.5. The van der Waals surface area contributed by atoms with Gasteiger partial charge in [-0.1, -0.05) is 19.1 Å². The van der Waals surface area contributed by atoms with E-state index in [9.17, 15) is 23.2 Å². The molecule has 1 aromatic carbocycles. The van der Waals surface area contributed by atoms with E-state index in [1.807, 2.05) is 6.92 Å². The topological polar surface area (TPSA) is 74.4 Å². The Hall–Kier alpha value is -3.58. The van der Waals surface area contributed by atoms with Crippen molar-refractivity contribution in [1.82, 2.24) is 14.5 Å². The summed E-state index contributed by atoms with van der Waals surface area (Å²) in [5.41, 5.74) is 3.03. The van der Waals surface area contributed by atoms with Gasteiger partial charge in [0.1, 0.15) is 23.0 Å². The molecular weight excluding hydrogens is 459 g/mol. The number of halogens is 3. The molecule has 0 spiro atoms. The molecular formula is C25H26F3N5O2. The first-order chi connectivity index (χ1) is 16.6. The number of anilines is 1. The molecule has 0 radical (unpaired) electrons. The molecule has 3 heterocycles. The summed E-state index contributed by atoms with van der Waals surface area (Å²) in [6.45, 7) is 6.13. The second kappa shape index (κ2) is 9.58. The van der Waals surface area contributed by atoms with Crippen LogP contribution >= 0.6 is 0 Å². The van der Waals surface area contributed by atoms with Gasteiger partial charge in [-0.25, -0.2) is 4.98 Å². The van der Waals surface area contributed by atoms with E-state index in [1.54, 1.807) is 37.4 Å². The fraction of sp³-hybridized carbons (Fsp3) is 0.400. The maximum Gasteiger partial charge on any atom is 0.573 e. The molecule has 10 heteroatoms. The van der Waals surface area contributed by atoms with Crippen LogP contribution in [0.2, 0.25) is 0 Å². The number of hydrogen-bond donors (Lipinski definition) is 0. The van der Waals surface area contributed by atoms with Crippen molar-refractivity contribution in [3.63, 3.8) is 0 Å². The number of piperazine rings is 1. The number of aryl methyl sites for hydroxylation is 1. The van der Waals surface area contributed by atoms with Crippen molar-refractivity contribution in [1.29, 1.82) is 5.26 Å². The van der Waals surface area contributed by atoms with Gasteiger partial charge >= 0.3 is 6.36 Å². The van der Waals surface area contributed by atoms with E-state index in [1.165, 1.54) is 16.7 Å². The van der Waals surface area contributed by atoms with Crippen LogP contribution in [-0.4, -0.2) is 46.5 Å². The Kier molecular flexibility index (Phi) is 6.72. The Labute approximate surface area is 201 Å². The number of alkyl halides is 3. The first-order valence-corrected chi connectivity index (χ1v) is 11.4. The highest BCUT2D eigenvalue weighted by Gasteiger charge is 2.32. The molecule has 3 aromatic rings. The number of rotatable bonds is 5. The highest BCUT2D eigenvalue weighted by atomic mass is 19.4. The van der Waals surface area contributed by atoms with E-state index in [0.29, 0.717) is 36.4 Å². The zero-order valence-electron chi connectivity index (χ0n) is 19.7. The molecule has 2 aromatic heterocycles. The number of benzene rings is 1. The minimum absolute atomic E-state index is 0.0187. The lowest BCUT2D eigenvalue weighted by molar-refractivity contribution is -0.274. The highest BCUT2D eigenvalue weighted by Crippen LogP contribution is 2.32. The van der Waals surface area contributed by atoms with Crippen molar-refractivity contribution < 1.29 is 17.9 Å². The molecule has 1 aliphatic rings. The first-order valence-electron chi connectivity index (χ1n) is 11.4. The van der Waals surface area contributed by atoms with Crippen molar-refractivity contribution in [2.24, 2.45) is 7.05 Å². The van der Waals surface area contributed by atoms with Gasteiger partial charge in [-0.3, -0.25) is 9.69 Å². The summed E-state index contributed by atoms with van der Waals surface area (Å²) in [7, 11) is 1.68. The second-order valence-corrected chi connectivity index (χ2v) is 8.65. The van der Waals surface area contributed by atoms with Crippen LogP contribution in [0.25, 0.3) is 11.0 Å². The van der Waals surface area contributed by atoms with Gasteiger partial charge in [0, 0.05) is 44.8 Å². The van der Waals surface area contributed by atoms with Crippen LogP contribution in [-0.2, 0) is 7.05 Å². The van der Waals surface area contributed by atoms with Crippen LogP contribution in [0.5, 0.6) is 5.75 Å². The van der Waals surface area contributed by atoms with Gasteiger partial charge in [0.2, 0.25) is 0 Å². The minimum atomic E-state index is -4.72. The Morgan fingerprint density at radius 2 is 1.91 bits per heavy atom. The molecule has 1 fully saturated rings. The van der Waals surface area contributed by atoms with E-state index in [2.05, 4.69) is 32.5 Å². The van der Waals surface area contributed by atoms with Gasteiger partial charge in [0.25, 0.3) is 5.56 Å². The van der Waals surface area contributed by atoms with Crippen molar-refractivity contribution in [2.75, 3.05) is 24.5 Å². The normalized spacial score (nSPS) is 17.9. The summed E-state index contributed by atoms with van der Waals surface area (Å²) in [6, 6.07) is 13.0. The minimum Gasteiger partial charge on any atom is -0.406 e. The number of nitriles is 1. The molecule has 0 bridgehead atoms. The molecule has 0 N–H and O–H groups in total. The maximum atomic E-state index is 12.7. The van der Waals surface area contributed by atoms with Crippen molar-refractivity contribution in [2.45, 2.75) is 38.7 Å². The van der Waals surface area contributed by atoms with E-state index < -0.39 is 6.36 Å². The molecule has 1 unspecified atom stereocenters. The van der Waals surface area contributed by atoms with Gasteiger partial charge in [-0.15, -0.1) is 13.2 Å². The fourth-order valence-electron chi connectivity index (χ4n) is 4.65. The fourth-order valence-corrected chi connectivity index (χ4v) is 4.65. The number of hydrogen-bond acceptors (Lipinski definition) is 6. The Morgan fingerprint density at radius 1 is 1.20 bits per heavy atom. The average Bonchev–Trinajstić information content (AvgIpc) is 2.84. The van der Waals surface area contributed by atoms with Crippen LogP contribution in [0.15, 0.2) is 47.3 Å². The summed E-state index contributed by atoms with van der Waals surface area (Å²) in [5.74, 6) is -0.244. The molecule has 1 saturated heterocycles. The standard InChI is InChI=1S/C25H26F3N5O2/c1-4-19-15-32(16(2)17-5-8-20(9-6-17)35-25(26,27)28)11-12-33(19)22-13-23(34)31(3)21-10-7-18(14-29)30-24(21)22/h5-10,13,16,19H,4,11-12,15H2,1-3H3/t16?,19-/m0/s1. The van der Waals surface area contributed by atoms with Gasteiger partial charge in [-0.2, -0.15) is 5.26 Å². The predicted molar refractivity (Wildman–Crippen MR) is 126 cm³/mol. The predicted octanol–water partition coefficient (Wildman–Crippen LogP) is 4.37. The third-order valence-electron chi connectivity index (χ3n) is 6.62. The molecule has 0 amide bonds. The Morgan fingerprint density at radius 3 is 2.54 bits per heavy atom. The molecule has 0 saturated carbocycles. The van der Waals surface area contributed by atoms with Crippen molar-refractivity contribution in [3.8, 4) is 11.8 Å². The van der Waals surface area contributed by atoms with Gasteiger partial charge < -0.3 is 14.2 Å². The number of fused-ring (bicyclic) bond motifs is 1. The summed E-state index contributed by atoms with van der Waals surface area (Å²) >= 11 is 0. The molecule has 1 aliphatic heterocycles. The van der Waals surface area contributed by atoms with Crippen LogP contribution < -0.4 is 15.2 Å². The van der Waals surface area contributed by atoms with Crippen molar-refractivity contribution >= 4 is 16.7 Å². The number of nitrogens with zero attached hydrogens (tertiary/aromatic N) is 5. The van der Waals surface area contributed by atoms with Crippen LogP contribution in [0.1, 0.15) is 37.6 Å². The molecule has 35 heavy (non-hydrogen) atoms. The molecule has 2 atom stereocenters. The zero-order valence-corrected chi connectivity index (χ0v) is 19.7. The number of aromatic nitrogens is 2. The van der Waals surface area contributed by atoms with Gasteiger partial charge in [0.15, 0.2) is 0 Å². The SMILES string of the molecule is CC[C@H]1CN(C(C)c2ccc(OC(F)(F)F)cc2)CCN1c1cc(=O)n(C)c2ccc(C#N)nc12. The third kappa shape index (κ3) is 5.10. The summed E-state index contributed by atoms with van der Waals surface area (Å²) in [4.78, 5) is 21.6. The lowest BCUT2D eigenvalue weighted by Crippen LogP contribution is -2.53.